The largest absolute Gasteiger partial charge is 0.0990 e. The molecule has 1 aliphatic rings. The minimum atomic E-state index is -0.0277. The van der Waals surface area contributed by atoms with Crippen LogP contribution in [0.1, 0.15) is 91.8 Å². The summed E-state index contributed by atoms with van der Waals surface area (Å²) in [5, 5.41) is 2.74. The second kappa shape index (κ2) is 10.5. The first-order valence-corrected chi connectivity index (χ1v) is 14.5. The highest BCUT2D eigenvalue weighted by Gasteiger charge is 2.37. The lowest BCUT2D eigenvalue weighted by molar-refractivity contribution is 0.610. The molecule has 5 rings (SSSR count). The minimum Gasteiger partial charge on any atom is -0.0990 e. The highest BCUT2D eigenvalue weighted by molar-refractivity contribution is 6.03. The lowest BCUT2D eigenvalue weighted by atomic mass is 9.77. The van der Waals surface area contributed by atoms with Gasteiger partial charge >= 0.3 is 0 Å². The van der Waals surface area contributed by atoms with Gasteiger partial charge in [0.15, 0.2) is 0 Å². The molecule has 0 aliphatic heterocycles. The number of aryl methyl sites for hydroxylation is 1. The number of allylic oxidation sites excluding steroid dienone is 4. The monoisotopic (exact) mass is 510 g/mol. The standard InChI is InChI=1S/C39H42/c1-9-15-28(11-3)32-20-14-19-31(33(32)16-10-2)27(6)26(5)29-21-22-35-36(24-29)39(7,8)37-23-25(4)30-17-12-13-18-34(30)38(35)37/h9,11-15,17-24,26-27H,1,3,10,16H2,2,4-8H3/b28-15+. The third-order valence-electron chi connectivity index (χ3n) is 9.22. The zero-order valence-electron chi connectivity index (χ0n) is 24.6. The molecule has 0 aromatic heterocycles. The van der Waals surface area contributed by atoms with Crippen LogP contribution in [-0.2, 0) is 11.8 Å². The summed E-state index contributed by atoms with van der Waals surface area (Å²) >= 11 is 0. The molecule has 0 heterocycles. The summed E-state index contributed by atoms with van der Waals surface area (Å²) in [6.07, 6.45) is 8.07. The fraction of sp³-hybridized carbons (Fsp3) is 0.282. The van der Waals surface area contributed by atoms with Crippen molar-refractivity contribution in [2.75, 3.05) is 0 Å². The molecular weight excluding hydrogens is 468 g/mol. The van der Waals surface area contributed by atoms with Crippen LogP contribution in [0.4, 0.5) is 0 Å². The Bertz CT molecular complexity index is 1610. The lowest BCUT2D eigenvalue weighted by Crippen LogP contribution is -2.16. The number of benzene rings is 4. The van der Waals surface area contributed by atoms with Gasteiger partial charge in [0, 0.05) is 5.41 Å². The highest BCUT2D eigenvalue weighted by Crippen LogP contribution is 2.53. The first-order chi connectivity index (χ1) is 18.7. The maximum absolute atomic E-state index is 4.09. The van der Waals surface area contributed by atoms with E-state index < -0.39 is 0 Å². The van der Waals surface area contributed by atoms with E-state index in [1.165, 1.54) is 60.8 Å². The van der Waals surface area contributed by atoms with Gasteiger partial charge in [-0.15, -0.1) is 0 Å². The second-order valence-corrected chi connectivity index (χ2v) is 11.9. The van der Waals surface area contributed by atoms with Crippen LogP contribution in [0.15, 0.2) is 98.1 Å². The number of fused-ring (bicyclic) bond motifs is 5. The topological polar surface area (TPSA) is 0 Å². The molecule has 0 radical (unpaired) electrons. The van der Waals surface area contributed by atoms with Crippen molar-refractivity contribution in [1.29, 1.82) is 0 Å². The summed E-state index contributed by atoms with van der Waals surface area (Å²) in [7, 11) is 0. The fourth-order valence-electron chi connectivity index (χ4n) is 6.85. The van der Waals surface area contributed by atoms with Crippen LogP contribution in [0.3, 0.4) is 0 Å². The van der Waals surface area contributed by atoms with Gasteiger partial charge in [-0.2, -0.15) is 0 Å². The molecule has 0 bridgehead atoms. The maximum atomic E-state index is 4.09. The molecule has 0 amide bonds. The molecule has 0 N–H and O–H groups in total. The molecule has 4 aromatic carbocycles. The Morgan fingerprint density at radius 2 is 1.62 bits per heavy atom. The Hall–Kier alpha value is -3.64. The van der Waals surface area contributed by atoms with Gasteiger partial charge in [-0.3, -0.25) is 0 Å². The van der Waals surface area contributed by atoms with Crippen molar-refractivity contribution in [2.24, 2.45) is 0 Å². The van der Waals surface area contributed by atoms with Crippen molar-refractivity contribution in [2.45, 2.75) is 71.6 Å². The molecular formula is C39H42. The van der Waals surface area contributed by atoms with Crippen molar-refractivity contribution < 1.29 is 0 Å². The first kappa shape index (κ1) is 26.9. The van der Waals surface area contributed by atoms with Gasteiger partial charge in [0.1, 0.15) is 0 Å². The maximum Gasteiger partial charge on any atom is 0.0159 e. The van der Waals surface area contributed by atoms with E-state index in [4.69, 9.17) is 0 Å². The summed E-state index contributed by atoms with van der Waals surface area (Å²) in [6, 6.07) is 25.4. The van der Waals surface area contributed by atoms with Crippen LogP contribution >= 0.6 is 0 Å². The molecule has 0 spiro atoms. The van der Waals surface area contributed by atoms with Gasteiger partial charge in [0.25, 0.3) is 0 Å². The van der Waals surface area contributed by atoms with Crippen LogP contribution in [0.5, 0.6) is 0 Å². The lowest BCUT2D eigenvalue weighted by Gasteiger charge is -2.27. The van der Waals surface area contributed by atoms with Crippen LogP contribution < -0.4 is 0 Å². The smallest absolute Gasteiger partial charge is 0.0159 e. The van der Waals surface area contributed by atoms with E-state index in [2.05, 4.69) is 128 Å². The van der Waals surface area contributed by atoms with Crippen LogP contribution in [0, 0.1) is 6.92 Å². The van der Waals surface area contributed by atoms with Crippen molar-refractivity contribution in [3.05, 3.63) is 137 Å². The van der Waals surface area contributed by atoms with Crippen LogP contribution in [0.25, 0.3) is 27.5 Å². The quantitative estimate of drug-likeness (QED) is 0.207. The summed E-state index contributed by atoms with van der Waals surface area (Å²) < 4.78 is 0. The van der Waals surface area contributed by atoms with E-state index in [0.29, 0.717) is 11.8 Å². The average Bonchev–Trinajstić information content (AvgIpc) is 3.17. The summed E-state index contributed by atoms with van der Waals surface area (Å²) in [4.78, 5) is 0. The zero-order valence-corrected chi connectivity index (χ0v) is 24.6. The molecule has 39 heavy (non-hydrogen) atoms. The molecule has 4 aromatic rings. The van der Waals surface area contributed by atoms with E-state index in [1.54, 1.807) is 0 Å². The molecule has 198 valence electrons. The van der Waals surface area contributed by atoms with E-state index in [9.17, 15) is 0 Å². The Morgan fingerprint density at radius 3 is 2.31 bits per heavy atom. The molecule has 0 heteroatoms. The van der Waals surface area contributed by atoms with Gasteiger partial charge in [-0.25, -0.2) is 0 Å². The summed E-state index contributed by atoms with van der Waals surface area (Å²) in [6.45, 7) is 22.1. The molecule has 0 saturated carbocycles. The highest BCUT2D eigenvalue weighted by atomic mass is 14.4. The molecule has 2 atom stereocenters. The van der Waals surface area contributed by atoms with Crippen molar-refractivity contribution in [3.63, 3.8) is 0 Å². The third-order valence-corrected chi connectivity index (χ3v) is 9.22. The molecule has 2 unspecified atom stereocenters. The predicted molar refractivity (Wildman–Crippen MR) is 172 cm³/mol. The summed E-state index contributed by atoms with van der Waals surface area (Å²) in [5.41, 5.74) is 13.8. The Kier molecular flexibility index (Phi) is 7.25. The van der Waals surface area contributed by atoms with Gasteiger partial charge in [-0.05, 0) is 91.6 Å². The van der Waals surface area contributed by atoms with E-state index in [1.807, 2.05) is 12.2 Å². The van der Waals surface area contributed by atoms with E-state index in [0.717, 1.165) is 18.4 Å². The van der Waals surface area contributed by atoms with Crippen LogP contribution in [0.2, 0.25) is 0 Å². The summed E-state index contributed by atoms with van der Waals surface area (Å²) in [5.74, 6) is 0.768. The minimum absolute atomic E-state index is 0.0277. The predicted octanol–water partition coefficient (Wildman–Crippen LogP) is 11.1. The number of rotatable bonds is 8. The van der Waals surface area contributed by atoms with E-state index >= 15 is 0 Å². The molecule has 0 fully saturated rings. The SMILES string of the molecule is C=C/C=C(\C=C)c1cccc(C(C)C(C)c2ccc3c(c2)C(C)(C)c2cc(C)c4ccccc4c2-3)c1CCC. The first-order valence-electron chi connectivity index (χ1n) is 14.5. The van der Waals surface area contributed by atoms with E-state index in [-0.39, 0.29) is 5.41 Å². The Labute approximate surface area is 235 Å². The number of hydrogen-bond acceptors (Lipinski definition) is 0. The average molecular weight is 511 g/mol. The van der Waals surface area contributed by atoms with Gasteiger partial charge in [-0.1, -0.05) is 139 Å². The second-order valence-electron chi connectivity index (χ2n) is 11.9. The Balaban J connectivity index is 1.59. The van der Waals surface area contributed by atoms with Gasteiger partial charge in [0.2, 0.25) is 0 Å². The number of hydrogen-bond donors (Lipinski definition) is 0. The van der Waals surface area contributed by atoms with Crippen molar-refractivity contribution in [1.82, 2.24) is 0 Å². The third kappa shape index (κ3) is 4.41. The van der Waals surface area contributed by atoms with Gasteiger partial charge < -0.3 is 0 Å². The zero-order chi connectivity index (χ0) is 27.9. The Morgan fingerprint density at radius 1 is 0.872 bits per heavy atom. The molecule has 0 saturated heterocycles. The fourth-order valence-corrected chi connectivity index (χ4v) is 6.85. The molecule has 0 nitrogen and oxygen atoms in total. The van der Waals surface area contributed by atoms with Crippen molar-refractivity contribution >= 4 is 16.3 Å². The normalized spacial score (nSPS) is 15.5. The van der Waals surface area contributed by atoms with Gasteiger partial charge in [0.05, 0.1) is 0 Å². The molecule has 1 aliphatic carbocycles. The van der Waals surface area contributed by atoms with Crippen molar-refractivity contribution in [3.8, 4) is 11.1 Å². The van der Waals surface area contributed by atoms with Crippen LogP contribution in [-0.4, -0.2) is 0 Å².